The smallest absolute Gasteiger partial charge is 0.255 e. The van der Waals surface area contributed by atoms with Crippen molar-refractivity contribution in [1.82, 2.24) is 14.6 Å². The SMILES string of the molecule is Cc1cc(-n2c(C)cc(C(=O)N3CCCCC3C(C)N)c2C)no1. The van der Waals surface area contributed by atoms with Gasteiger partial charge in [-0.2, -0.15) is 0 Å². The number of nitrogens with zero attached hydrogens (tertiary/aromatic N) is 3. The van der Waals surface area contributed by atoms with E-state index in [1.165, 1.54) is 0 Å². The Balaban J connectivity index is 1.96. The van der Waals surface area contributed by atoms with E-state index in [1.54, 1.807) is 0 Å². The summed E-state index contributed by atoms with van der Waals surface area (Å²) >= 11 is 0. The lowest BCUT2D eigenvalue weighted by Gasteiger charge is -2.38. The van der Waals surface area contributed by atoms with Gasteiger partial charge in [-0.05, 0) is 53.0 Å². The van der Waals surface area contributed by atoms with Crippen LogP contribution < -0.4 is 5.73 Å². The van der Waals surface area contributed by atoms with Crippen molar-refractivity contribution in [2.45, 2.75) is 59.0 Å². The second kappa shape index (κ2) is 6.43. The van der Waals surface area contributed by atoms with E-state index in [2.05, 4.69) is 5.16 Å². The molecule has 1 amide bonds. The first-order chi connectivity index (χ1) is 11.4. The fraction of sp³-hybridized carbons (Fsp3) is 0.556. The van der Waals surface area contributed by atoms with Crippen molar-refractivity contribution in [3.05, 3.63) is 34.8 Å². The largest absolute Gasteiger partial charge is 0.360 e. The minimum absolute atomic E-state index is 0.0177. The van der Waals surface area contributed by atoms with Gasteiger partial charge in [0.2, 0.25) is 0 Å². The van der Waals surface area contributed by atoms with Gasteiger partial charge in [-0.25, -0.2) is 0 Å². The van der Waals surface area contributed by atoms with E-state index in [-0.39, 0.29) is 18.0 Å². The maximum atomic E-state index is 13.2. The molecule has 2 N–H and O–H groups in total. The van der Waals surface area contributed by atoms with Crippen molar-refractivity contribution in [1.29, 1.82) is 0 Å². The molecule has 24 heavy (non-hydrogen) atoms. The number of amides is 1. The molecule has 6 nitrogen and oxygen atoms in total. The standard InChI is InChI=1S/C18H26N4O2/c1-11-9-15(14(4)22(11)17-10-12(2)24-20-17)18(23)21-8-6-5-7-16(21)13(3)19/h9-10,13,16H,5-8,19H2,1-4H3. The Kier molecular flexibility index (Phi) is 4.49. The first-order valence-electron chi connectivity index (χ1n) is 8.59. The number of rotatable bonds is 3. The lowest BCUT2D eigenvalue weighted by atomic mass is 9.96. The Labute approximate surface area is 142 Å². The molecule has 2 unspecified atom stereocenters. The quantitative estimate of drug-likeness (QED) is 0.938. The normalized spacial score (nSPS) is 19.5. The molecule has 0 bridgehead atoms. The van der Waals surface area contributed by atoms with Crippen molar-refractivity contribution >= 4 is 5.91 Å². The zero-order valence-corrected chi connectivity index (χ0v) is 14.9. The van der Waals surface area contributed by atoms with E-state index < -0.39 is 0 Å². The number of aryl methyl sites for hydroxylation is 2. The van der Waals surface area contributed by atoms with Gasteiger partial charge in [-0.15, -0.1) is 0 Å². The van der Waals surface area contributed by atoms with E-state index >= 15 is 0 Å². The molecule has 1 aliphatic rings. The lowest BCUT2D eigenvalue weighted by Crippen LogP contribution is -2.51. The molecule has 0 spiro atoms. The monoisotopic (exact) mass is 330 g/mol. The van der Waals surface area contributed by atoms with E-state index in [4.69, 9.17) is 10.3 Å². The van der Waals surface area contributed by atoms with Crippen LogP contribution in [0.3, 0.4) is 0 Å². The average molecular weight is 330 g/mol. The molecular weight excluding hydrogens is 304 g/mol. The van der Waals surface area contributed by atoms with E-state index in [9.17, 15) is 4.79 Å². The summed E-state index contributed by atoms with van der Waals surface area (Å²) in [5.41, 5.74) is 8.70. The molecule has 0 saturated carbocycles. The Hall–Kier alpha value is -2.08. The topological polar surface area (TPSA) is 77.3 Å². The van der Waals surface area contributed by atoms with Gasteiger partial charge in [0.15, 0.2) is 5.82 Å². The Morgan fingerprint density at radius 2 is 2.08 bits per heavy atom. The molecule has 2 aromatic heterocycles. The number of likely N-dealkylation sites (tertiary alicyclic amines) is 1. The third-order valence-corrected chi connectivity index (χ3v) is 4.92. The van der Waals surface area contributed by atoms with Crippen LogP contribution in [-0.2, 0) is 0 Å². The summed E-state index contributed by atoms with van der Waals surface area (Å²) in [5.74, 6) is 1.53. The van der Waals surface area contributed by atoms with Gasteiger partial charge in [-0.1, -0.05) is 5.16 Å². The zero-order chi connectivity index (χ0) is 17.4. The second-order valence-corrected chi connectivity index (χ2v) is 6.84. The molecule has 1 fully saturated rings. The van der Waals surface area contributed by atoms with Crippen LogP contribution in [0.15, 0.2) is 16.7 Å². The molecule has 2 atom stereocenters. The highest BCUT2D eigenvalue weighted by atomic mass is 16.5. The predicted molar refractivity (Wildman–Crippen MR) is 92.4 cm³/mol. The molecule has 1 saturated heterocycles. The molecule has 6 heteroatoms. The molecule has 0 radical (unpaired) electrons. The second-order valence-electron chi connectivity index (χ2n) is 6.84. The third kappa shape index (κ3) is 2.86. The van der Waals surface area contributed by atoms with Crippen molar-refractivity contribution < 1.29 is 9.32 Å². The molecule has 0 aliphatic carbocycles. The van der Waals surface area contributed by atoms with Gasteiger partial charge >= 0.3 is 0 Å². The van der Waals surface area contributed by atoms with Crippen molar-refractivity contribution in [2.75, 3.05) is 6.54 Å². The summed E-state index contributed by atoms with van der Waals surface area (Å²) < 4.78 is 7.15. The third-order valence-electron chi connectivity index (χ3n) is 4.92. The summed E-state index contributed by atoms with van der Waals surface area (Å²) in [6.07, 6.45) is 3.15. The highest BCUT2D eigenvalue weighted by molar-refractivity contribution is 5.96. The van der Waals surface area contributed by atoms with E-state index in [0.717, 1.165) is 48.5 Å². The number of hydrogen-bond donors (Lipinski definition) is 1. The maximum absolute atomic E-state index is 13.2. The predicted octanol–water partition coefficient (Wildman–Crippen LogP) is 2.73. The van der Waals surface area contributed by atoms with Gasteiger partial charge in [-0.3, -0.25) is 9.36 Å². The van der Waals surface area contributed by atoms with Crippen LogP contribution in [-0.4, -0.2) is 39.2 Å². The van der Waals surface area contributed by atoms with Gasteiger partial charge in [0.1, 0.15) is 5.76 Å². The number of aromatic nitrogens is 2. The number of carbonyl (C=O) groups excluding carboxylic acids is 1. The van der Waals surface area contributed by atoms with Crippen LogP contribution in [0.4, 0.5) is 0 Å². The number of carbonyl (C=O) groups is 1. The van der Waals surface area contributed by atoms with Crippen molar-refractivity contribution in [3.63, 3.8) is 0 Å². The van der Waals surface area contributed by atoms with Crippen LogP contribution in [0, 0.1) is 20.8 Å². The number of hydrogen-bond acceptors (Lipinski definition) is 4. The Morgan fingerprint density at radius 3 is 2.71 bits per heavy atom. The highest BCUT2D eigenvalue weighted by Crippen LogP contribution is 2.26. The molecule has 3 rings (SSSR count). The van der Waals surface area contributed by atoms with Crippen molar-refractivity contribution in [2.24, 2.45) is 5.73 Å². The minimum Gasteiger partial charge on any atom is -0.360 e. The van der Waals surface area contributed by atoms with Gasteiger partial charge in [0.05, 0.1) is 5.56 Å². The number of nitrogens with two attached hydrogens (primary N) is 1. The molecule has 0 aromatic carbocycles. The fourth-order valence-electron chi connectivity index (χ4n) is 3.70. The molecule has 2 aromatic rings. The summed E-state index contributed by atoms with van der Waals surface area (Å²) in [7, 11) is 0. The molecule has 130 valence electrons. The molecule has 1 aliphatic heterocycles. The van der Waals surface area contributed by atoms with Crippen LogP contribution in [0.25, 0.3) is 5.82 Å². The Bertz CT molecular complexity index is 744. The van der Waals surface area contributed by atoms with Gasteiger partial charge in [0, 0.05) is 36.1 Å². The van der Waals surface area contributed by atoms with Crippen LogP contribution in [0.1, 0.15) is 53.7 Å². The minimum atomic E-state index is -0.0177. The molecule has 3 heterocycles. The Morgan fingerprint density at radius 1 is 1.33 bits per heavy atom. The molecular formula is C18H26N4O2. The fourth-order valence-corrected chi connectivity index (χ4v) is 3.70. The van der Waals surface area contributed by atoms with E-state index in [0.29, 0.717) is 5.82 Å². The summed E-state index contributed by atoms with van der Waals surface area (Å²) in [6, 6.07) is 3.91. The average Bonchev–Trinajstić information content (AvgIpc) is 3.09. The summed E-state index contributed by atoms with van der Waals surface area (Å²) in [5, 5.41) is 4.08. The van der Waals surface area contributed by atoms with Crippen LogP contribution in [0.5, 0.6) is 0 Å². The van der Waals surface area contributed by atoms with E-state index in [1.807, 2.05) is 49.3 Å². The van der Waals surface area contributed by atoms with Gasteiger partial charge < -0.3 is 15.2 Å². The summed E-state index contributed by atoms with van der Waals surface area (Å²) in [4.78, 5) is 15.1. The lowest BCUT2D eigenvalue weighted by molar-refractivity contribution is 0.0583. The zero-order valence-electron chi connectivity index (χ0n) is 14.9. The maximum Gasteiger partial charge on any atom is 0.255 e. The van der Waals surface area contributed by atoms with Gasteiger partial charge in [0.25, 0.3) is 5.91 Å². The summed E-state index contributed by atoms with van der Waals surface area (Å²) in [6.45, 7) is 8.55. The van der Waals surface area contributed by atoms with Crippen molar-refractivity contribution in [3.8, 4) is 5.82 Å². The van der Waals surface area contributed by atoms with Crippen LogP contribution in [0.2, 0.25) is 0 Å². The number of piperidine rings is 1. The first kappa shape index (κ1) is 16.8. The first-order valence-corrected chi connectivity index (χ1v) is 8.59. The van der Waals surface area contributed by atoms with Crippen LogP contribution >= 0.6 is 0 Å². The highest BCUT2D eigenvalue weighted by Gasteiger charge is 2.31.